The van der Waals surface area contributed by atoms with E-state index in [-0.39, 0.29) is 12.4 Å². The molecule has 0 spiro atoms. The Hall–Kier alpha value is -2.73. The van der Waals surface area contributed by atoms with Gasteiger partial charge in [0.05, 0.1) is 30.3 Å². The quantitative estimate of drug-likeness (QED) is 0.613. The Kier molecular flexibility index (Phi) is 6.46. The molecule has 0 bridgehead atoms. The topological polar surface area (TPSA) is 62.6 Å². The third-order valence-electron chi connectivity index (χ3n) is 3.88. The molecular formula is C19H21ClN2O4. The molecule has 1 aromatic heterocycles. The van der Waals surface area contributed by atoms with E-state index in [1.54, 1.807) is 24.3 Å². The van der Waals surface area contributed by atoms with Gasteiger partial charge in [-0.1, -0.05) is 6.07 Å². The fraction of sp³-hybridized carbons (Fsp3) is 0.263. The molecular weight excluding hydrogens is 356 g/mol. The van der Waals surface area contributed by atoms with E-state index in [0.29, 0.717) is 24.5 Å². The van der Waals surface area contributed by atoms with E-state index in [1.165, 1.54) is 7.11 Å². The lowest BCUT2D eigenvalue weighted by Crippen LogP contribution is -2.05. The number of hydrogen-bond acceptors (Lipinski definition) is 5. The van der Waals surface area contributed by atoms with Crippen molar-refractivity contribution in [2.75, 3.05) is 13.7 Å². The number of nitrogens with zero attached hydrogens (tertiary/aromatic N) is 2. The maximum atomic E-state index is 11.6. The number of imidazole rings is 1. The van der Waals surface area contributed by atoms with Crippen LogP contribution in [0.4, 0.5) is 0 Å². The van der Waals surface area contributed by atoms with Crippen LogP contribution in [0.5, 0.6) is 11.5 Å². The van der Waals surface area contributed by atoms with Crippen molar-refractivity contribution >= 4 is 29.4 Å². The van der Waals surface area contributed by atoms with Gasteiger partial charge in [-0.25, -0.2) is 9.78 Å². The zero-order valence-electron chi connectivity index (χ0n) is 14.9. The summed E-state index contributed by atoms with van der Waals surface area (Å²) in [5.41, 5.74) is 2.31. The summed E-state index contributed by atoms with van der Waals surface area (Å²) >= 11 is 0. The molecule has 0 saturated heterocycles. The molecule has 3 rings (SSSR count). The zero-order valence-corrected chi connectivity index (χ0v) is 15.7. The van der Waals surface area contributed by atoms with Crippen molar-refractivity contribution in [3.05, 3.63) is 53.9 Å². The Morgan fingerprint density at radius 1 is 1.12 bits per heavy atom. The number of aryl methyl sites for hydroxylation is 1. The van der Waals surface area contributed by atoms with E-state index < -0.39 is 5.97 Å². The highest BCUT2D eigenvalue weighted by Gasteiger charge is 2.11. The Morgan fingerprint density at radius 3 is 2.62 bits per heavy atom. The molecule has 0 amide bonds. The number of benzene rings is 2. The minimum absolute atomic E-state index is 0. The third kappa shape index (κ3) is 4.08. The number of carbonyl (C=O) groups excluding carboxylic acids is 1. The first-order valence-electron chi connectivity index (χ1n) is 8.01. The second-order valence-corrected chi connectivity index (χ2v) is 5.48. The van der Waals surface area contributed by atoms with Crippen LogP contribution in [0.1, 0.15) is 23.1 Å². The predicted molar refractivity (Wildman–Crippen MR) is 101 cm³/mol. The number of esters is 1. The molecule has 0 unspecified atom stereocenters. The lowest BCUT2D eigenvalue weighted by Gasteiger charge is -2.08. The minimum atomic E-state index is -0.392. The smallest absolute Gasteiger partial charge is 0.337 e. The summed E-state index contributed by atoms with van der Waals surface area (Å²) in [6.07, 6.45) is 0. The van der Waals surface area contributed by atoms with E-state index in [1.807, 2.05) is 36.7 Å². The van der Waals surface area contributed by atoms with Crippen LogP contribution >= 0.6 is 12.4 Å². The SMILES string of the molecule is CCOc1ccc2nc(COc3cccc(C(=O)OC)c3)n(C)c2c1.Cl. The first-order chi connectivity index (χ1) is 12.1. The van der Waals surface area contributed by atoms with Gasteiger partial charge < -0.3 is 18.8 Å². The van der Waals surface area contributed by atoms with Crippen molar-refractivity contribution in [2.24, 2.45) is 7.05 Å². The van der Waals surface area contributed by atoms with Gasteiger partial charge >= 0.3 is 5.97 Å². The van der Waals surface area contributed by atoms with E-state index in [4.69, 9.17) is 14.2 Å². The predicted octanol–water partition coefficient (Wildman–Crippen LogP) is 3.76. The molecule has 0 atom stereocenters. The molecule has 0 aliphatic rings. The fourth-order valence-electron chi connectivity index (χ4n) is 2.58. The van der Waals surface area contributed by atoms with Crippen molar-refractivity contribution < 1.29 is 19.0 Å². The molecule has 0 radical (unpaired) electrons. The second-order valence-electron chi connectivity index (χ2n) is 5.48. The maximum absolute atomic E-state index is 11.6. The van der Waals surface area contributed by atoms with E-state index in [0.717, 1.165) is 22.6 Å². The Morgan fingerprint density at radius 2 is 1.88 bits per heavy atom. The number of hydrogen-bond donors (Lipinski definition) is 0. The molecule has 0 aliphatic carbocycles. The molecule has 26 heavy (non-hydrogen) atoms. The van der Waals surface area contributed by atoms with Crippen LogP contribution < -0.4 is 9.47 Å². The summed E-state index contributed by atoms with van der Waals surface area (Å²) in [6.45, 7) is 2.87. The molecule has 0 N–H and O–H groups in total. The summed E-state index contributed by atoms with van der Waals surface area (Å²) in [4.78, 5) is 16.2. The van der Waals surface area contributed by atoms with Crippen LogP contribution in [-0.2, 0) is 18.4 Å². The molecule has 0 saturated carbocycles. The summed E-state index contributed by atoms with van der Waals surface area (Å²) in [5, 5.41) is 0. The number of carbonyl (C=O) groups is 1. The van der Waals surface area contributed by atoms with Gasteiger partial charge in [0.2, 0.25) is 0 Å². The molecule has 1 heterocycles. The van der Waals surface area contributed by atoms with E-state index in [9.17, 15) is 4.79 Å². The number of ether oxygens (including phenoxy) is 3. The van der Waals surface area contributed by atoms with Gasteiger partial charge in [-0.2, -0.15) is 0 Å². The first-order valence-corrected chi connectivity index (χ1v) is 8.01. The molecule has 7 heteroatoms. The van der Waals surface area contributed by atoms with Crippen molar-refractivity contribution in [3.8, 4) is 11.5 Å². The molecule has 3 aromatic rings. The number of halogens is 1. The minimum Gasteiger partial charge on any atom is -0.494 e. The number of aromatic nitrogens is 2. The van der Waals surface area contributed by atoms with Crippen LogP contribution in [0.15, 0.2) is 42.5 Å². The van der Waals surface area contributed by atoms with Crippen molar-refractivity contribution in [2.45, 2.75) is 13.5 Å². The molecule has 6 nitrogen and oxygen atoms in total. The number of methoxy groups -OCH3 is 1. The third-order valence-corrected chi connectivity index (χ3v) is 3.88. The van der Waals surface area contributed by atoms with Gasteiger partial charge in [0.25, 0.3) is 0 Å². The largest absolute Gasteiger partial charge is 0.494 e. The van der Waals surface area contributed by atoms with Gasteiger partial charge in [-0.05, 0) is 37.3 Å². The zero-order chi connectivity index (χ0) is 17.8. The summed E-state index contributed by atoms with van der Waals surface area (Å²) in [6, 6.07) is 12.7. The lowest BCUT2D eigenvalue weighted by molar-refractivity contribution is 0.0600. The maximum Gasteiger partial charge on any atom is 0.337 e. The Balaban J connectivity index is 0.00000243. The highest BCUT2D eigenvalue weighted by molar-refractivity contribution is 5.89. The van der Waals surface area contributed by atoms with Crippen molar-refractivity contribution in [1.82, 2.24) is 9.55 Å². The summed E-state index contributed by atoms with van der Waals surface area (Å²) < 4.78 is 18.0. The summed E-state index contributed by atoms with van der Waals surface area (Å²) in [5.74, 6) is 1.80. The van der Waals surface area contributed by atoms with Gasteiger partial charge in [-0.15, -0.1) is 12.4 Å². The average molecular weight is 377 g/mol. The molecule has 138 valence electrons. The monoisotopic (exact) mass is 376 g/mol. The molecule has 2 aromatic carbocycles. The van der Waals surface area contributed by atoms with Crippen LogP contribution in [0.3, 0.4) is 0 Å². The molecule has 0 aliphatic heterocycles. The van der Waals surface area contributed by atoms with Crippen molar-refractivity contribution in [1.29, 1.82) is 0 Å². The van der Waals surface area contributed by atoms with Crippen LogP contribution in [0.2, 0.25) is 0 Å². The Labute approximate surface area is 158 Å². The Bertz CT molecular complexity index is 908. The van der Waals surface area contributed by atoms with Crippen LogP contribution in [0.25, 0.3) is 11.0 Å². The van der Waals surface area contributed by atoms with Gasteiger partial charge in [-0.3, -0.25) is 0 Å². The average Bonchev–Trinajstić information content (AvgIpc) is 2.95. The van der Waals surface area contributed by atoms with Crippen LogP contribution in [-0.4, -0.2) is 29.2 Å². The fourth-order valence-corrected chi connectivity index (χ4v) is 2.58. The number of fused-ring (bicyclic) bond motifs is 1. The highest BCUT2D eigenvalue weighted by atomic mass is 35.5. The van der Waals surface area contributed by atoms with Gasteiger partial charge in [0, 0.05) is 13.1 Å². The van der Waals surface area contributed by atoms with Gasteiger partial charge in [0.15, 0.2) is 0 Å². The first kappa shape index (κ1) is 19.6. The molecule has 0 fully saturated rings. The second kappa shape index (κ2) is 8.58. The summed E-state index contributed by atoms with van der Waals surface area (Å²) in [7, 11) is 3.29. The van der Waals surface area contributed by atoms with Crippen LogP contribution in [0, 0.1) is 0 Å². The van der Waals surface area contributed by atoms with Crippen molar-refractivity contribution in [3.63, 3.8) is 0 Å². The van der Waals surface area contributed by atoms with E-state index >= 15 is 0 Å². The standard InChI is InChI=1S/C19H20N2O4.ClH/c1-4-24-15-8-9-16-17(11-15)21(2)18(20-16)12-25-14-7-5-6-13(10-14)19(22)23-3;/h5-11H,4,12H2,1-3H3;1H. The highest BCUT2D eigenvalue weighted by Crippen LogP contribution is 2.22. The lowest BCUT2D eigenvalue weighted by atomic mass is 10.2. The van der Waals surface area contributed by atoms with Gasteiger partial charge in [0.1, 0.15) is 23.9 Å². The normalized spacial score (nSPS) is 10.3. The number of rotatable bonds is 6. The van der Waals surface area contributed by atoms with E-state index in [2.05, 4.69) is 4.98 Å².